The minimum absolute atomic E-state index is 0.192. The Bertz CT molecular complexity index is 899. The molecule has 1 aromatic carbocycles. The molecule has 0 bridgehead atoms. The van der Waals surface area contributed by atoms with Crippen LogP contribution in [0.2, 0.25) is 0 Å². The summed E-state index contributed by atoms with van der Waals surface area (Å²) < 4.78 is 0.993. The van der Waals surface area contributed by atoms with Crippen molar-refractivity contribution in [2.75, 3.05) is 5.43 Å². The lowest BCUT2D eigenvalue weighted by molar-refractivity contribution is -0.116. The van der Waals surface area contributed by atoms with Gasteiger partial charge < -0.3 is 0 Å². The first-order valence-electron chi connectivity index (χ1n) is 10.4. The van der Waals surface area contributed by atoms with Crippen LogP contribution in [0.25, 0.3) is 0 Å². The Balaban J connectivity index is 1.89. The summed E-state index contributed by atoms with van der Waals surface area (Å²) in [5, 5.41) is 0. The molecule has 1 aliphatic carbocycles. The van der Waals surface area contributed by atoms with Gasteiger partial charge in [0.25, 0.3) is 5.91 Å². The fourth-order valence-electron chi connectivity index (χ4n) is 3.59. The van der Waals surface area contributed by atoms with Gasteiger partial charge in [0, 0.05) is 10.5 Å². The number of rotatable bonds is 7. The van der Waals surface area contributed by atoms with E-state index in [4.69, 9.17) is 0 Å². The van der Waals surface area contributed by atoms with Crippen LogP contribution in [0.5, 0.6) is 0 Å². The molecule has 2 rings (SSSR count). The van der Waals surface area contributed by atoms with Crippen LogP contribution in [0.4, 0.5) is 5.69 Å². The second kappa shape index (κ2) is 11.2. The summed E-state index contributed by atoms with van der Waals surface area (Å²) in [6.07, 6.45) is 15.7. The van der Waals surface area contributed by atoms with Crippen LogP contribution in [0.3, 0.4) is 0 Å². The Morgan fingerprint density at radius 2 is 1.80 bits per heavy atom. The second-order valence-electron chi connectivity index (χ2n) is 8.54. The SMILES string of the molecule is CC(C=CC1=C(C)CCCC1(C)C)=CC=CC(C)=CC(=O)NNc1ccc(Br)cc1. The molecular weight excluding hydrogens is 436 g/mol. The standard InChI is InChI=1S/C26H33BrN2O/c1-19(11-16-24-21(3)10-7-17-26(24,4)5)8-6-9-20(2)18-25(30)29-28-23-14-12-22(27)13-15-23/h6,8-9,11-16,18,28H,7,10,17H2,1-5H3,(H,29,30). The Hall–Kier alpha value is -2.33. The summed E-state index contributed by atoms with van der Waals surface area (Å²) in [5.74, 6) is -0.192. The zero-order valence-electron chi connectivity index (χ0n) is 18.7. The molecule has 0 radical (unpaired) electrons. The van der Waals surface area contributed by atoms with Crippen LogP contribution < -0.4 is 10.9 Å². The smallest absolute Gasteiger partial charge is 0.262 e. The fraction of sp³-hybridized carbons (Fsp3) is 0.346. The predicted octanol–water partition coefficient (Wildman–Crippen LogP) is 7.42. The predicted molar refractivity (Wildman–Crippen MR) is 132 cm³/mol. The highest BCUT2D eigenvalue weighted by atomic mass is 79.9. The van der Waals surface area contributed by atoms with Gasteiger partial charge in [0.1, 0.15) is 0 Å². The highest BCUT2D eigenvalue weighted by molar-refractivity contribution is 9.10. The highest BCUT2D eigenvalue weighted by Gasteiger charge is 2.26. The number of carbonyl (C=O) groups excluding carboxylic acids is 1. The van der Waals surface area contributed by atoms with Gasteiger partial charge in [-0.05, 0) is 80.9 Å². The van der Waals surface area contributed by atoms with Crippen molar-refractivity contribution < 1.29 is 4.79 Å². The van der Waals surface area contributed by atoms with Crippen molar-refractivity contribution in [3.8, 4) is 0 Å². The summed E-state index contributed by atoms with van der Waals surface area (Å²) in [6, 6.07) is 7.59. The maximum atomic E-state index is 12.0. The van der Waals surface area contributed by atoms with Crippen molar-refractivity contribution in [1.82, 2.24) is 5.43 Å². The van der Waals surface area contributed by atoms with Crippen LogP contribution in [-0.2, 0) is 4.79 Å². The van der Waals surface area contributed by atoms with Gasteiger partial charge in [-0.15, -0.1) is 0 Å². The van der Waals surface area contributed by atoms with E-state index in [2.05, 4.69) is 72.7 Å². The van der Waals surface area contributed by atoms with E-state index in [-0.39, 0.29) is 11.3 Å². The van der Waals surface area contributed by atoms with Gasteiger partial charge in [-0.3, -0.25) is 15.6 Å². The first-order valence-corrected chi connectivity index (χ1v) is 11.2. The molecule has 2 N–H and O–H groups in total. The average molecular weight is 469 g/mol. The van der Waals surface area contributed by atoms with E-state index in [1.165, 1.54) is 36.0 Å². The highest BCUT2D eigenvalue weighted by Crippen LogP contribution is 2.40. The molecule has 160 valence electrons. The normalized spacial score (nSPS) is 17.7. The number of hydrazine groups is 1. The van der Waals surface area contributed by atoms with E-state index < -0.39 is 0 Å². The van der Waals surface area contributed by atoms with Crippen LogP contribution in [0, 0.1) is 5.41 Å². The van der Waals surface area contributed by atoms with Gasteiger partial charge in [-0.25, -0.2) is 0 Å². The zero-order valence-corrected chi connectivity index (χ0v) is 20.3. The maximum absolute atomic E-state index is 12.0. The molecule has 1 aliphatic rings. The monoisotopic (exact) mass is 468 g/mol. The number of carbonyl (C=O) groups is 1. The first-order chi connectivity index (χ1) is 14.2. The Morgan fingerprint density at radius 1 is 1.10 bits per heavy atom. The Kier molecular flexibility index (Phi) is 8.91. The molecule has 3 nitrogen and oxygen atoms in total. The van der Waals surface area contributed by atoms with Crippen LogP contribution in [-0.4, -0.2) is 5.91 Å². The van der Waals surface area contributed by atoms with Crippen molar-refractivity contribution in [2.24, 2.45) is 5.41 Å². The molecule has 0 saturated heterocycles. The van der Waals surface area contributed by atoms with Crippen molar-refractivity contribution >= 4 is 27.5 Å². The van der Waals surface area contributed by atoms with Gasteiger partial charge in [0.15, 0.2) is 0 Å². The van der Waals surface area contributed by atoms with E-state index in [1.54, 1.807) is 6.08 Å². The molecule has 4 heteroatoms. The molecule has 0 atom stereocenters. The average Bonchev–Trinajstić information content (AvgIpc) is 2.66. The molecule has 30 heavy (non-hydrogen) atoms. The van der Waals surface area contributed by atoms with E-state index in [1.807, 2.05) is 43.3 Å². The second-order valence-corrected chi connectivity index (χ2v) is 9.46. The zero-order chi connectivity index (χ0) is 22.1. The van der Waals surface area contributed by atoms with E-state index in [0.29, 0.717) is 0 Å². The number of anilines is 1. The number of nitrogens with one attached hydrogen (secondary N) is 2. The summed E-state index contributed by atoms with van der Waals surface area (Å²) in [4.78, 5) is 12.0. The summed E-state index contributed by atoms with van der Waals surface area (Å²) in [6.45, 7) is 10.9. The first kappa shape index (κ1) is 23.9. The van der Waals surface area contributed by atoms with Gasteiger partial charge in [-0.2, -0.15) is 0 Å². The number of benzene rings is 1. The fourth-order valence-corrected chi connectivity index (χ4v) is 3.85. The van der Waals surface area contributed by atoms with Crippen molar-refractivity contribution in [3.63, 3.8) is 0 Å². The Morgan fingerprint density at radius 3 is 2.47 bits per heavy atom. The summed E-state index contributed by atoms with van der Waals surface area (Å²) in [7, 11) is 0. The van der Waals surface area contributed by atoms with Gasteiger partial charge in [0.05, 0.1) is 5.69 Å². The largest absolute Gasteiger partial charge is 0.298 e. The third kappa shape index (κ3) is 7.83. The molecular formula is C26H33BrN2O. The molecule has 0 aliphatic heterocycles. The summed E-state index contributed by atoms with van der Waals surface area (Å²) in [5.41, 5.74) is 11.7. The third-order valence-corrected chi connectivity index (χ3v) is 5.84. The molecule has 0 aromatic heterocycles. The minimum atomic E-state index is -0.192. The minimum Gasteiger partial charge on any atom is -0.298 e. The third-order valence-electron chi connectivity index (χ3n) is 5.31. The number of allylic oxidation sites excluding steroid dienone is 9. The van der Waals surface area contributed by atoms with Gasteiger partial charge in [-0.1, -0.05) is 71.3 Å². The molecule has 0 saturated carbocycles. The van der Waals surface area contributed by atoms with Crippen molar-refractivity contribution in [2.45, 2.75) is 53.9 Å². The van der Waals surface area contributed by atoms with E-state index in [0.717, 1.165) is 15.7 Å². The quantitative estimate of drug-likeness (QED) is 0.248. The number of amides is 1. The summed E-state index contributed by atoms with van der Waals surface area (Å²) >= 11 is 3.39. The molecule has 1 aromatic rings. The molecule has 0 spiro atoms. The maximum Gasteiger partial charge on any atom is 0.262 e. The number of hydrogen-bond acceptors (Lipinski definition) is 2. The molecule has 1 amide bonds. The lowest BCUT2D eigenvalue weighted by atomic mass is 9.72. The lowest BCUT2D eigenvalue weighted by Gasteiger charge is -2.32. The van der Waals surface area contributed by atoms with Crippen LogP contribution in [0.1, 0.15) is 53.9 Å². The van der Waals surface area contributed by atoms with E-state index in [9.17, 15) is 4.79 Å². The van der Waals surface area contributed by atoms with Crippen molar-refractivity contribution in [3.05, 3.63) is 87.5 Å². The lowest BCUT2D eigenvalue weighted by Crippen LogP contribution is -2.27. The number of hydrogen-bond donors (Lipinski definition) is 2. The van der Waals surface area contributed by atoms with Crippen LogP contribution >= 0.6 is 15.9 Å². The van der Waals surface area contributed by atoms with Gasteiger partial charge in [0.2, 0.25) is 0 Å². The van der Waals surface area contributed by atoms with Crippen LogP contribution in [0.15, 0.2) is 87.5 Å². The molecule has 0 unspecified atom stereocenters. The van der Waals surface area contributed by atoms with Crippen molar-refractivity contribution in [1.29, 1.82) is 0 Å². The number of halogens is 1. The van der Waals surface area contributed by atoms with E-state index >= 15 is 0 Å². The molecule has 0 heterocycles. The van der Waals surface area contributed by atoms with Gasteiger partial charge >= 0.3 is 0 Å². The topological polar surface area (TPSA) is 41.1 Å². The Labute approximate surface area is 189 Å². The molecule has 0 fully saturated rings.